The number of hydrogen-bond donors (Lipinski definition) is 0. The molecule has 0 bridgehead atoms. The minimum Gasteiger partial charge on any atom is -0.378 e. The minimum atomic E-state index is 0.656. The normalized spacial score (nSPS) is 23.1. The van der Waals surface area contributed by atoms with E-state index in [0.717, 1.165) is 45.2 Å². The number of piperazine rings is 1. The summed E-state index contributed by atoms with van der Waals surface area (Å²) >= 11 is 0. The van der Waals surface area contributed by atoms with Gasteiger partial charge in [-0.05, 0) is 12.1 Å². The molecule has 0 aliphatic carbocycles. The summed E-state index contributed by atoms with van der Waals surface area (Å²) in [5, 5.41) is 8.06. The van der Waals surface area contributed by atoms with Crippen LogP contribution < -0.4 is 4.90 Å². The van der Waals surface area contributed by atoms with Gasteiger partial charge in [0.15, 0.2) is 5.82 Å². The standard InChI is InChI=1S/C11H16N4O/c1-2-11(13-12-3-1)15-6-4-14(5-7-15)10-8-16-9-10/h1-3,10H,4-9H2. The summed E-state index contributed by atoms with van der Waals surface area (Å²) in [5.74, 6) is 0.993. The summed E-state index contributed by atoms with van der Waals surface area (Å²) in [7, 11) is 0. The lowest BCUT2D eigenvalue weighted by Crippen LogP contribution is -2.56. The molecule has 2 aliphatic heterocycles. The number of hydrogen-bond acceptors (Lipinski definition) is 5. The fourth-order valence-electron chi connectivity index (χ4n) is 2.21. The SMILES string of the molecule is c1cnnc(N2CCN(C3COC3)CC2)c1. The Morgan fingerprint density at radius 2 is 2.00 bits per heavy atom. The van der Waals surface area contributed by atoms with Gasteiger partial charge >= 0.3 is 0 Å². The molecule has 0 unspecified atom stereocenters. The zero-order valence-electron chi connectivity index (χ0n) is 9.25. The number of nitrogens with zero attached hydrogens (tertiary/aromatic N) is 4. The van der Waals surface area contributed by atoms with Gasteiger partial charge in [0.2, 0.25) is 0 Å². The van der Waals surface area contributed by atoms with E-state index in [0.29, 0.717) is 6.04 Å². The maximum Gasteiger partial charge on any atom is 0.151 e. The number of rotatable bonds is 2. The van der Waals surface area contributed by atoms with Crippen LogP contribution in [0.5, 0.6) is 0 Å². The summed E-state index contributed by atoms with van der Waals surface area (Å²) < 4.78 is 5.22. The average molecular weight is 220 g/mol. The lowest BCUT2D eigenvalue weighted by molar-refractivity contribution is -0.0661. The Bertz CT molecular complexity index is 333. The van der Waals surface area contributed by atoms with Gasteiger partial charge in [-0.25, -0.2) is 0 Å². The third-order valence-corrected chi connectivity index (χ3v) is 3.33. The second-order valence-electron chi connectivity index (χ2n) is 4.30. The molecule has 0 amide bonds. The topological polar surface area (TPSA) is 41.5 Å². The Balaban J connectivity index is 1.58. The Kier molecular flexibility index (Phi) is 2.71. The highest BCUT2D eigenvalue weighted by Crippen LogP contribution is 2.16. The van der Waals surface area contributed by atoms with Crippen LogP contribution in [0.3, 0.4) is 0 Å². The number of aromatic nitrogens is 2. The van der Waals surface area contributed by atoms with Gasteiger partial charge in [0.1, 0.15) is 0 Å². The molecule has 3 heterocycles. The summed E-state index contributed by atoms with van der Waals surface area (Å²) in [6.45, 7) is 6.09. The van der Waals surface area contributed by atoms with Crippen molar-refractivity contribution in [3.8, 4) is 0 Å². The van der Waals surface area contributed by atoms with Crippen LogP contribution in [0, 0.1) is 0 Å². The van der Waals surface area contributed by atoms with E-state index in [2.05, 4.69) is 20.0 Å². The molecule has 0 saturated carbocycles. The molecule has 0 spiro atoms. The van der Waals surface area contributed by atoms with E-state index in [-0.39, 0.29) is 0 Å². The van der Waals surface area contributed by atoms with Crippen molar-refractivity contribution >= 4 is 5.82 Å². The first kappa shape index (κ1) is 9.99. The summed E-state index contributed by atoms with van der Waals surface area (Å²) in [6, 6.07) is 4.62. The molecule has 16 heavy (non-hydrogen) atoms. The highest BCUT2D eigenvalue weighted by atomic mass is 16.5. The molecule has 5 heteroatoms. The Morgan fingerprint density at radius 1 is 1.19 bits per heavy atom. The van der Waals surface area contributed by atoms with Crippen LogP contribution in [0.1, 0.15) is 0 Å². The smallest absolute Gasteiger partial charge is 0.151 e. The predicted octanol–water partition coefficient (Wildman–Crippen LogP) is -0.00260. The van der Waals surface area contributed by atoms with Crippen molar-refractivity contribution < 1.29 is 4.74 Å². The minimum absolute atomic E-state index is 0.656. The molecule has 1 aromatic heterocycles. The highest BCUT2D eigenvalue weighted by Gasteiger charge is 2.29. The van der Waals surface area contributed by atoms with Crippen LogP contribution in [0.4, 0.5) is 5.82 Å². The monoisotopic (exact) mass is 220 g/mol. The van der Waals surface area contributed by atoms with Gasteiger partial charge in [-0.3, -0.25) is 4.90 Å². The Labute approximate surface area is 95.0 Å². The Morgan fingerprint density at radius 3 is 2.56 bits per heavy atom. The van der Waals surface area contributed by atoms with Crippen LogP contribution >= 0.6 is 0 Å². The van der Waals surface area contributed by atoms with Crippen molar-refractivity contribution in [3.05, 3.63) is 18.3 Å². The van der Waals surface area contributed by atoms with Gasteiger partial charge in [0.25, 0.3) is 0 Å². The van der Waals surface area contributed by atoms with Crippen molar-refractivity contribution in [3.63, 3.8) is 0 Å². The van der Waals surface area contributed by atoms with Gasteiger partial charge in [0.05, 0.1) is 19.3 Å². The van der Waals surface area contributed by atoms with E-state index in [1.54, 1.807) is 6.20 Å². The molecule has 1 aromatic rings. The first-order chi connectivity index (χ1) is 7.93. The third-order valence-electron chi connectivity index (χ3n) is 3.33. The molecule has 0 N–H and O–H groups in total. The van der Waals surface area contributed by atoms with Crippen LogP contribution in [0.15, 0.2) is 18.3 Å². The van der Waals surface area contributed by atoms with E-state index in [1.165, 1.54) is 0 Å². The zero-order valence-corrected chi connectivity index (χ0v) is 9.25. The fraction of sp³-hybridized carbons (Fsp3) is 0.636. The molecule has 86 valence electrons. The van der Waals surface area contributed by atoms with E-state index in [4.69, 9.17) is 4.74 Å². The molecule has 0 radical (unpaired) electrons. The van der Waals surface area contributed by atoms with Gasteiger partial charge in [-0.15, -0.1) is 5.10 Å². The fourth-order valence-corrected chi connectivity index (χ4v) is 2.21. The van der Waals surface area contributed by atoms with Gasteiger partial charge in [-0.2, -0.15) is 5.10 Å². The van der Waals surface area contributed by atoms with Crippen molar-refractivity contribution in [2.45, 2.75) is 6.04 Å². The van der Waals surface area contributed by atoms with Crippen molar-refractivity contribution in [1.29, 1.82) is 0 Å². The first-order valence-corrected chi connectivity index (χ1v) is 5.78. The van der Waals surface area contributed by atoms with Gasteiger partial charge in [-0.1, -0.05) is 0 Å². The van der Waals surface area contributed by atoms with Crippen molar-refractivity contribution in [1.82, 2.24) is 15.1 Å². The maximum atomic E-state index is 5.22. The van der Waals surface area contributed by atoms with Crippen LogP contribution in [0.25, 0.3) is 0 Å². The molecule has 0 atom stereocenters. The van der Waals surface area contributed by atoms with Crippen LogP contribution in [-0.4, -0.2) is 60.5 Å². The predicted molar refractivity (Wildman–Crippen MR) is 60.4 cm³/mol. The molecule has 0 aromatic carbocycles. The second kappa shape index (κ2) is 4.35. The lowest BCUT2D eigenvalue weighted by atomic mass is 10.2. The van der Waals surface area contributed by atoms with Crippen molar-refractivity contribution in [2.75, 3.05) is 44.3 Å². The van der Waals surface area contributed by atoms with E-state index < -0.39 is 0 Å². The average Bonchev–Trinajstić information content (AvgIpc) is 2.29. The van der Waals surface area contributed by atoms with Crippen LogP contribution in [0.2, 0.25) is 0 Å². The molecule has 2 fully saturated rings. The lowest BCUT2D eigenvalue weighted by Gasteiger charge is -2.42. The third kappa shape index (κ3) is 1.88. The second-order valence-corrected chi connectivity index (χ2v) is 4.30. The van der Waals surface area contributed by atoms with Gasteiger partial charge in [0, 0.05) is 32.4 Å². The van der Waals surface area contributed by atoms with E-state index >= 15 is 0 Å². The summed E-state index contributed by atoms with van der Waals surface area (Å²) in [5.41, 5.74) is 0. The van der Waals surface area contributed by atoms with E-state index in [1.807, 2.05) is 12.1 Å². The maximum absolute atomic E-state index is 5.22. The van der Waals surface area contributed by atoms with E-state index in [9.17, 15) is 0 Å². The molecular formula is C11H16N4O. The summed E-state index contributed by atoms with van der Waals surface area (Å²) in [6.07, 6.45) is 1.71. The van der Waals surface area contributed by atoms with Crippen molar-refractivity contribution in [2.24, 2.45) is 0 Å². The zero-order chi connectivity index (χ0) is 10.8. The molecule has 2 saturated heterocycles. The molecule has 5 nitrogen and oxygen atoms in total. The van der Waals surface area contributed by atoms with Gasteiger partial charge < -0.3 is 9.64 Å². The van der Waals surface area contributed by atoms with Crippen LogP contribution in [-0.2, 0) is 4.74 Å². The molecule has 2 aliphatic rings. The first-order valence-electron chi connectivity index (χ1n) is 5.78. The number of anilines is 1. The highest BCUT2D eigenvalue weighted by molar-refractivity contribution is 5.36. The molecular weight excluding hydrogens is 204 g/mol. The summed E-state index contributed by atoms with van der Waals surface area (Å²) in [4.78, 5) is 4.80. The Hall–Kier alpha value is -1.20. The quantitative estimate of drug-likeness (QED) is 0.701. The largest absolute Gasteiger partial charge is 0.378 e. The molecule has 3 rings (SSSR count). The number of ether oxygens (including phenoxy) is 1.